The Kier molecular flexibility index (Phi) is 7.67. The van der Waals surface area contributed by atoms with Crippen LogP contribution in [-0.2, 0) is 0 Å². The summed E-state index contributed by atoms with van der Waals surface area (Å²) < 4.78 is 0. The maximum atomic E-state index is 12.2. The van der Waals surface area contributed by atoms with Gasteiger partial charge in [-0.05, 0) is 35.8 Å². The number of hydrogen-bond donors (Lipinski definition) is 2. The molecule has 2 fully saturated rings. The highest BCUT2D eigenvalue weighted by atomic mass is 28.3. The fraction of sp³-hybridized carbons (Fsp3) is 0.562. The first-order valence-electron chi connectivity index (χ1n) is 14.6. The average Bonchev–Trinajstić information content (AvgIpc) is 3.27. The van der Waals surface area contributed by atoms with Crippen molar-refractivity contribution in [2.45, 2.75) is 104 Å². The second kappa shape index (κ2) is 9.66. The number of hydrogen-bond acceptors (Lipinski definition) is 2. The van der Waals surface area contributed by atoms with Crippen molar-refractivity contribution in [2.75, 3.05) is 0 Å². The van der Waals surface area contributed by atoms with Crippen LogP contribution in [0.4, 0.5) is 0 Å². The Hall–Kier alpha value is -0.772. The van der Waals surface area contributed by atoms with Gasteiger partial charge in [0.25, 0.3) is 0 Å². The average molecular weight is 581 g/mol. The third-order valence-corrected chi connectivity index (χ3v) is 17.0. The van der Waals surface area contributed by atoms with Gasteiger partial charge in [0.1, 0.15) is 0 Å². The number of rotatable bonds is 6. The van der Waals surface area contributed by atoms with E-state index in [4.69, 9.17) is 0 Å². The van der Waals surface area contributed by atoms with Crippen molar-refractivity contribution >= 4 is 53.0 Å². The van der Waals surface area contributed by atoms with Crippen LogP contribution in [0.2, 0.25) is 78.6 Å². The molecule has 0 amide bonds. The first kappa shape index (κ1) is 30.2. The Morgan fingerprint density at radius 1 is 0.500 bits per heavy atom. The van der Waals surface area contributed by atoms with E-state index in [0.29, 0.717) is 0 Å². The molecule has 0 heterocycles. The van der Waals surface area contributed by atoms with Crippen molar-refractivity contribution in [1.82, 2.24) is 0 Å². The molecule has 38 heavy (non-hydrogen) atoms. The van der Waals surface area contributed by atoms with Crippen LogP contribution in [0.25, 0.3) is 0 Å². The van der Waals surface area contributed by atoms with Gasteiger partial charge in [0.15, 0.2) is 5.79 Å². The maximum Gasteiger partial charge on any atom is 0.185 e. The molecular formula is C32H52O2Si4. The van der Waals surface area contributed by atoms with Crippen LogP contribution in [0.3, 0.4) is 0 Å². The molecule has 2 atom stereocenters. The van der Waals surface area contributed by atoms with Crippen molar-refractivity contribution in [2.24, 2.45) is 11.8 Å². The van der Waals surface area contributed by atoms with Gasteiger partial charge in [0, 0.05) is 0 Å². The van der Waals surface area contributed by atoms with E-state index in [9.17, 15) is 10.2 Å². The molecule has 2 aliphatic rings. The molecule has 2 radical (unpaired) electrons. The molecule has 0 spiro atoms. The summed E-state index contributed by atoms with van der Waals surface area (Å²) in [6.45, 7) is 28.8. The lowest BCUT2D eigenvalue weighted by Gasteiger charge is -2.34. The molecule has 2 unspecified atom stereocenters. The van der Waals surface area contributed by atoms with E-state index in [0.717, 1.165) is 42.2 Å². The van der Waals surface area contributed by atoms with Crippen LogP contribution in [0.1, 0.15) is 30.4 Å². The zero-order chi connectivity index (χ0) is 28.6. The summed E-state index contributed by atoms with van der Waals surface area (Å²) in [4.78, 5) is 0. The lowest BCUT2D eigenvalue weighted by molar-refractivity contribution is -0.119. The van der Waals surface area contributed by atoms with Gasteiger partial charge in [-0.3, -0.25) is 0 Å². The van der Waals surface area contributed by atoms with Gasteiger partial charge in [-0.2, -0.15) is 0 Å². The topological polar surface area (TPSA) is 40.5 Å². The van der Waals surface area contributed by atoms with Crippen molar-refractivity contribution in [3.63, 3.8) is 0 Å². The summed E-state index contributed by atoms with van der Waals surface area (Å²) in [5.41, 5.74) is 2.18. The summed E-state index contributed by atoms with van der Waals surface area (Å²) >= 11 is 0. The Morgan fingerprint density at radius 3 is 1.00 bits per heavy atom. The lowest BCUT2D eigenvalue weighted by Crippen LogP contribution is -2.48. The maximum absolute atomic E-state index is 12.2. The third-order valence-electron chi connectivity index (χ3n) is 8.96. The van der Waals surface area contributed by atoms with Crippen LogP contribution < -0.4 is 20.7 Å². The minimum atomic E-state index is -1.90. The Bertz CT molecular complexity index is 1040. The fourth-order valence-corrected chi connectivity index (χ4v) is 11.4. The first-order chi connectivity index (χ1) is 17.1. The van der Waals surface area contributed by atoms with Gasteiger partial charge in [-0.1, -0.05) is 142 Å². The highest BCUT2D eigenvalue weighted by molar-refractivity contribution is 6.92. The molecule has 0 aliphatic heterocycles. The molecule has 2 N–H and O–H groups in total. The molecule has 2 aromatic rings. The lowest BCUT2D eigenvalue weighted by atomic mass is 9.82. The molecule has 6 heteroatoms. The Balaban J connectivity index is 1.92. The summed E-state index contributed by atoms with van der Waals surface area (Å²) in [6, 6.07) is 14.2. The molecule has 208 valence electrons. The largest absolute Gasteiger partial charge is 0.364 e. The standard InChI is InChI=1S/C32H52O2Si4/c1-35(2,3)24-16-22(17-25(20-24)36(4,5)6)30-28-14-13-15-29(28)31(32(30,33)34)23-18-26(37(7,8)9)21-27(19-23)38(10,11)12/h16-21,28-29,33-34H,13-15H2,1-12H3. The highest BCUT2D eigenvalue weighted by Gasteiger charge is 2.62. The molecule has 2 nitrogen and oxygen atoms in total. The zero-order valence-electron chi connectivity index (χ0n) is 26.1. The van der Waals surface area contributed by atoms with E-state index in [1.807, 2.05) is 0 Å². The van der Waals surface area contributed by atoms with Crippen molar-refractivity contribution in [3.05, 3.63) is 59.4 Å². The van der Waals surface area contributed by atoms with E-state index < -0.39 is 38.1 Å². The second-order valence-electron chi connectivity index (χ2n) is 16.2. The molecule has 4 rings (SSSR count). The van der Waals surface area contributed by atoms with Crippen LogP contribution in [-0.4, -0.2) is 48.3 Å². The van der Waals surface area contributed by atoms with Crippen LogP contribution in [0.15, 0.2) is 36.4 Å². The smallest absolute Gasteiger partial charge is 0.185 e. The minimum Gasteiger partial charge on any atom is -0.364 e. The monoisotopic (exact) mass is 580 g/mol. The van der Waals surface area contributed by atoms with E-state index in [2.05, 4.69) is 115 Å². The zero-order valence-corrected chi connectivity index (χ0v) is 30.1. The number of fused-ring (bicyclic) bond motifs is 1. The van der Waals surface area contributed by atoms with Crippen LogP contribution >= 0.6 is 0 Å². The predicted octanol–water partition coefficient (Wildman–Crippen LogP) is 5.52. The van der Waals surface area contributed by atoms with Crippen molar-refractivity contribution < 1.29 is 10.2 Å². The normalized spacial score (nSPS) is 23.2. The number of aliphatic hydroxyl groups is 2. The molecule has 2 saturated carbocycles. The van der Waals surface area contributed by atoms with E-state index in [-0.39, 0.29) is 11.8 Å². The Labute approximate surface area is 237 Å². The number of benzene rings is 2. The van der Waals surface area contributed by atoms with Gasteiger partial charge < -0.3 is 10.2 Å². The molecule has 2 aliphatic carbocycles. The Morgan fingerprint density at radius 2 is 0.763 bits per heavy atom. The molecular weight excluding hydrogens is 529 g/mol. The SMILES string of the molecule is C[Si](C)(C)c1cc([C]2C3CCCC3[C](c3cc([Si](C)(C)C)cc([Si](C)(C)C)c3)C2(O)O)cc([Si](C)(C)C)c1. The molecule has 0 aromatic heterocycles. The van der Waals surface area contributed by atoms with Crippen LogP contribution in [0.5, 0.6) is 0 Å². The van der Waals surface area contributed by atoms with Gasteiger partial charge in [0.2, 0.25) is 0 Å². The third kappa shape index (κ3) is 5.68. The van der Waals surface area contributed by atoms with Gasteiger partial charge in [-0.25, -0.2) is 0 Å². The van der Waals surface area contributed by atoms with E-state index in [1.165, 1.54) is 20.7 Å². The highest BCUT2D eigenvalue weighted by Crippen LogP contribution is 2.61. The van der Waals surface area contributed by atoms with Gasteiger partial charge in [-0.15, -0.1) is 0 Å². The fourth-order valence-electron chi connectivity index (χ4n) is 6.44. The summed E-state index contributed by atoms with van der Waals surface area (Å²) in [7, 11) is -6.38. The molecule has 0 bridgehead atoms. The minimum absolute atomic E-state index is 0.206. The summed E-state index contributed by atoms with van der Waals surface area (Å²) in [5, 5.41) is 30.2. The van der Waals surface area contributed by atoms with Crippen molar-refractivity contribution in [1.29, 1.82) is 0 Å². The summed E-state index contributed by atoms with van der Waals surface area (Å²) in [6.07, 6.45) is 3.24. The second-order valence-corrected chi connectivity index (χ2v) is 36.6. The van der Waals surface area contributed by atoms with Gasteiger partial charge >= 0.3 is 0 Å². The molecule has 2 aromatic carbocycles. The van der Waals surface area contributed by atoms with Gasteiger partial charge in [0.05, 0.1) is 44.1 Å². The molecule has 0 saturated heterocycles. The van der Waals surface area contributed by atoms with E-state index in [1.54, 1.807) is 0 Å². The quantitative estimate of drug-likeness (QED) is 0.349. The summed E-state index contributed by atoms with van der Waals surface area (Å²) in [5.74, 6) is 0.263. The van der Waals surface area contributed by atoms with E-state index >= 15 is 0 Å². The van der Waals surface area contributed by atoms with Crippen molar-refractivity contribution in [3.8, 4) is 0 Å². The predicted molar refractivity (Wildman–Crippen MR) is 177 cm³/mol. The first-order valence-corrected chi connectivity index (χ1v) is 28.6. The van der Waals surface area contributed by atoms with Crippen LogP contribution in [0, 0.1) is 23.7 Å².